The summed E-state index contributed by atoms with van der Waals surface area (Å²) in [5.41, 5.74) is 6.30. The lowest BCUT2D eigenvalue weighted by atomic mass is 9.93. The fourth-order valence-electron chi connectivity index (χ4n) is 2.20. The Morgan fingerprint density at radius 2 is 2.00 bits per heavy atom. The van der Waals surface area contributed by atoms with Gasteiger partial charge in [0.15, 0.2) is 0 Å². The molecule has 0 saturated heterocycles. The van der Waals surface area contributed by atoms with Crippen LogP contribution in [0.4, 0.5) is 4.39 Å². The van der Waals surface area contributed by atoms with Crippen LogP contribution in [0.3, 0.4) is 0 Å². The number of rotatable bonds is 2. The van der Waals surface area contributed by atoms with Gasteiger partial charge >= 0.3 is 0 Å². The molecule has 0 atom stereocenters. The molecule has 0 amide bonds. The van der Waals surface area contributed by atoms with Gasteiger partial charge in [0.2, 0.25) is 0 Å². The molecule has 0 radical (unpaired) electrons. The summed E-state index contributed by atoms with van der Waals surface area (Å²) in [7, 11) is 0. The van der Waals surface area contributed by atoms with E-state index in [1.807, 2.05) is 24.3 Å². The Labute approximate surface area is 84.1 Å². The first-order valence-electron chi connectivity index (χ1n) is 5.23. The van der Waals surface area contributed by atoms with E-state index in [1.54, 1.807) is 0 Å². The molecule has 0 spiro atoms. The molecule has 2 N–H and O–H groups in total. The highest BCUT2D eigenvalue weighted by atomic mass is 19.1. The third kappa shape index (κ3) is 1.67. The second kappa shape index (κ2) is 3.70. The summed E-state index contributed by atoms with van der Waals surface area (Å²) in [6.45, 7) is 0.490. The van der Waals surface area contributed by atoms with Crippen molar-refractivity contribution in [1.29, 1.82) is 0 Å². The van der Waals surface area contributed by atoms with Gasteiger partial charge in [0.05, 0.1) is 0 Å². The summed E-state index contributed by atoms with van der Waals surface area (Å²) in [5.74, 6) is 0. The fourth-order valence-corrected chi connectivity index (χ4v) is 2.20. The summed E-state index contributed by atoms with van der Waals surface area (Å²) < 4.78 is 14.3. The number of halogens is 1. The maximum atomic E-state index is 14.3. The SMILES string of the molecule is NCc1cccc(C2(F)CCCC2)c1. The topological polar surface area (TPSA) is 26.0 Å². The standard InChI is InChI=1S/C12H16FN/c13-12(6-1-2-7-12)11-5-3-4-10(8-11)9-14/h3-5,8H,1-2,6-7,9,14H2. The van der Waals surface area contributed by atoms with Crippen molar-refractivity contribution in [2.24, 2.45) is 5.73 Å². The van der Waals surface area contributed by atoms with Crippen LogP contribution in [0.5, 0.6) is 0 Å². The smallest absolute Gasteiger partial charge is 0.136 e. The second-order valence-electron chi connectivity index (χ2n) is 4.08. The Balaban J connectivity index is 2.30. The van der Waals surface area contributed by atoms with Crippen LogP contribution in [0.15, 0.2) is 24.3 Å². The van der Waals surface area contributed by atoms with Crippen molar-refractivity contribution < 1.29 is 4.39 Å². The van der Waals surface area contributed by atoms with Crippen LogP contribution in [0.25, 0.3) is 0 Å². The molecule has 0 unspecified atom stereocenters. The summed E-state index contributed by atoms with van der Waals surface area (Å²) in [5, 5.41) is 0. The van der Waals surface area contributed by atoms with Crippen molar-refractivity contribution >= 4 is 0 Å². The van der Waals surface area contributed by atoms with Gasteiger partial charge in [0.25, 0.3) is 0 Å². The molecule has 1 fully saturated rings. The zero-order valence-corrected chi connectivity index (χ0v) is 8.30. The maximum Gasteiger partial charge on any atom is 0.136 e. The van der Waals surface area contributed by atoms with Gasteiger partial charge < -0.3 is 5.73 Å². The van der Waals surface area contributed by atoms with Crippen molar-refractivity contribution in [2.75, 3.05) is 0 Å². The minimum Gasteiger partial charge on any atom is -0.326 e. The van der Waals surface area contributed by atoms with Gasteiger partial charge in [-0.1, -0.05) is 24.3 Å². The van der Waals surface area contributed by atoms with Gasteiger partial charge in [-0.25, -0.2) is 4.39 Å². The summed E-state index contributed by atoms with van der Waals surface area (Å²) in [6.07, 6.45) is 3.34. The summed E-state index contributed by atoms with van der Waals surface area (Å²) in [6, 6.07) is 7.63. The Bertz CT molecular complexity index is 316. The van der Waals surface area contributed by atoms with Crippen molar-refractivity contribution in [2.45, 2.75) is 37.9 Å². The van der Waals surface area contributed by atoms with Crippen LogP contribution in [0.1, 0.15) is 36.8 Å². The van der Waals surface area contributed by atoms with Crippen LogP contribution >= 0.6 is 0 Å². The lowest BCUT2D eigenvalue weighted by Crippen LogP contribution is -2.15. The fraction of sp³-hybridized carbons (Fsp3) is 0.500. The lowest BCUT2D eigenvalue weighted by molar-refractivity contribution is 0.174. The van der Waals surface area contributed by atoms with Crippen molar-refractivity contribution in [1.82, 2.24) is 0 Å². The average Bonchev–Trinajstić information content (AvgIpc) is 2.67. The highest BCUT2D eigenvalue weighted by Gasteiger charge is 2.35. The lowest BCUT2D eigenvalue weighted by Gasteiger charge is -2.19. The zero-order chi connectivity index (χ0) is 10.0. The summed E-state index contributed by atoms with van der Waals surface area (Å²) in [4.78, 5) is 0. The average molecular weight is 193 g/mol. The van der Waals surface area contributed by atoms with Crippen LogP contribution in [-0.4, -0.2) is 0 Å². The molecule has 0 heterocycles. The molecule has 1 aliphatic carbocycles. The molecule has 1 nitrogen and oxygen atoms in total. The Hall–Kier alpha value is -0.890. The van der Waals surface area contributed by atoms with E-state index < -0.39 is 5.67 Å². The molecule has 1 aromatic carbocycles. The molecule has 2 rings (SSSR count). The van der Waals surface area contributed by atoms with Crippen LogP contribution in [0.2, 0.25) is 0 Å². The Morgan fingerprint density at radius 3 is 2.64 bits per heavy atom. The monoisotopic (exact) mass is 193 g/mol. The number of hydrogen-bond acceptors (Lipinski definition) is 1. The van der Waals surface area contributed by atoms with Crippen molar-refractivity contribution in [3.8, 4) is 0 Å². The normalized spacial score (nSPS) is 19.9. The van der Waals surface area contributed by atoms with Crippen molar-refractivity contribution in [3.05, 3.63) is 35.4 Å². The highest BCUT2D eigenvalue weighted by molar-refractivity contribution is 5.29. The predicted molar refractivity (Wildman–Crippen MR) is 55.6 cm³/mol. The Kier molecular flexibility index (Phi) is 2.55. The van der Waals surface area contributed by atoms with E-state index in [-0.39, 0.29) is 0 Å². The third-order valence-electron chi connectivity index (χ3n) is 3.08. The van der Waals surface area contributed by atoms with E-state index in [9.17, 15) is 4.39 Å². The third-order valence-corrected chi connectivity index (χ3v) is 3.08. The van der Waals surface area contributed by atoms with Gasteiger partial charge in [0.1, 0.15) is 5.67 Å². The molecule has 1 aliphatic rings. The van der Waals surface area contributed by atoms with E-state index in [0.717, 1.165) is 24.0 Å². The molecule has 1 aromatic rings. The first-order chi connectivity index (χ1) is 6.74. The maximum absolute atomic E-state index is 14.3. The molecule has 0 aromatic heterocycles. The van der Waals surface area contributed by atoms with Crippen LogP contribution in [-0.2, 0) is 12.2 Å². The van der Waals surface area contributed by atoms with Gasteiger partial charge in [0, 0.05) is 6.54 Å². The van der Waals surface area contributed by atoms with Gasteiger partial charge in [-0.2, -0.15) is 0 Å². The number of alkyl halides is 1. The molecule has 76 valence electrons. The van der Waals surface area contributed by atoms with E-state index in [1.165, 1.54) is 0 Å². The van der Waals surface area contributed by atoms with Crippen LogP contribution in [0, 0.1) is 0 Å². The van der Waals surface area contributed by atoms with Gasteiger partial charge in [-0.3, -0.25) is 0 Å². The predicted octanol–water partition coefficient (Wildman–Crippen LogP) is 2.88. The van der Waals surface area contributed by atoms with Crippen LogP contribution < -0.4 is 5.73 Å². The van der Waals surface area contributed by atoms with E-state index in [4.69, 9.17) is 5.73 Å². The van der Waals surface area contributed by atoms with E-state index in [0.29, 0.717) is 19.4 Å². The molecular weight excluding hydrogens is 177 g/mol. The van der Waals surface area contributed by atoms with Gasteiger partial charge in [-0.15, -0.1) is 0 Å². The minimum absolute atomic E-state index is 0.490. The molecule has 2 heteroatoms. The molecule has 14 heavy (non-hydrogen) atoms. The number of hydrogen-bond donors (Lipinski definition) is 1. The molecule has 1 saturated carbocycles. The first-order valence-corrected chi connectivity index (χ1v) is 5.23. The summed E-state index contributed by atoms with van der Waals surface area (Å²) >= 11 is 0. The first kappa shape index (κ1) is 9.66. The Morgan fingerprint density at radius 1 is 1.29 bits per heavy atom. The zero-order valence-electron chi connectivity index (χ0n) is 8.30. The van der Waals surface area contributed by atoms with Crippen molar-refractivity contribution in [3.63, 3.8) is 0 Å². The molecular formula is C12H16FN. The highest BCUT2D eigenvalue weighted by Crippen LogP contribution is 2.42. The quantitative estimate of drug-likeness (QED) is 0.767. The minimum atomic E-state index is -1.08. The second-order valence-corrected chi connectivity index (χ2v) is 4.08. The number of nitrogens with two attached hydrogens (primary N) is 1. The van der Waals surface area contributed by atoms with E-state index in [2.05, 4.69) is 0 Å². The van der Waals surface area contributed by atoms with Gasteiger partial charge in [-0.05, 0) is 36.8 Å². The van der Waals surface area contributed by atoms with E-state index >= 15 is 0 Å². The number of benzene rings is 1. The largest absolute Gasteiger partial charge is 0.326 e. The molecule has 0 bridgehead atoms. The molecule has 0 aliphatic heterocycles.